The molecule has 1 heterocycles. The summed E-state index contributed by atoms with van der Waals surface area (Å²) < 4.78 is 6.89. The molecule has 0 saturated heterocycles. The van der Waals surface area contributed by atoms with Crippen LogP contribution in [0.25, 0.3) is 17.4 Å². The molecule has 2 aromatic carbocycles. The first-order valence-corrected chi connectivity index (χ1v) is 8.98. The molecule has 0 unspecified atom stereocenters. The van der Waals surface area contributed by atoms with Crippen LogP contribution in [0.3, 0.4) is 0 Å². The Bertz CT molecular complexity index is 1010. The van der Waals surface area contributed by atoms with E-state index in [1.54, 1.807) is 12.1 Å². The maximum Gasteiger partial charge on any atom is 0.266 e. The molecule has 1 amide bonds. The van der Waals surface area contributed by atoms with Crippen molar-refractivity contribution in [1.82, 2.24) is 0 Å². The highest BCUT2D eigenvalue weighted by atomic mass is 127. The molecule has 0 aliphatic heterocycles. The first-order valence-electron chi connectivity index (χ1n) is 7.91. The highest BCUT2D eigenvalue weighted by Gasteiger charge is 2.11. The van der Waals surface area contributed by atoms with E-state index in [-0.39, 0.29) is 5.57 Å². The second-order valence-corrected chi connectivity index (χ2v) is 6.95. The van der Waals surface area contributed by atoms with Crippen molar-refractivity contribution in [3.63, 3.8) is 0 Å². The molecule has 0 bridgehead atoms. The van der Waals surface area contributed by atoms with E-state index in [0.717, 1.165) is 14.7 Å². The van der Waals surface area contributed by atoms with Crippen LogP contribution in [0, 0.1) is 21.8 Å². The Morgan fingerprint density at radius 2 is 1.92 bits per heavy atom. The van der Waals surface area contributed by atoms with Gasteiger partial charge in [0, 0.05) is 20.9 Å². The molecule has 0 fully saturated rings. The molecule has 0 radical (unpaired) electrons. The lowest BCUT2D eigenvalue weighted by Gasteiger charge is -2.04. The van der Waals surface area contributed by atoms with Crippen molar-refractivity contribution in [2.45, 2.75) is 6.92 Å². The summed E-state index contributed by atoms with van der Waals surface area (Å²) in [6.45, 7) is 1.94. The zero-order chi connectivity index (χ0) is 18.5. The van der Waals surface area contributed by atoms with Crippen molar-refractivity contribution in [1.29, 1.82) is 5.26 Å². The fourth-order valence-electron chi connectivity index (χ4n) is 2.41. The summed E-state index contributed by atoms with van der Waals surface area (Å²) in [5.41, 5.74) is 2.59. The average Bonchev–Trinajstić information content (AvgIpc) is 3.09. The van der Waals surface area contributed by atoms with Gasteiger partial charge in [-0.15, -0.1) is 0 Å². The number of hydrogen-bond acceptors (Lipinski definition) is 3. The molecule has 26 heavy (non-hydrogen) atoms. The highest BCUT2D eigenvalue weighted by molar-refractivity contribution is 14.1. The third-order valence-electron chi connectivity index (χ3n) is 3.68. The molecule has 0 aliphatic rings. The lowest BCUT2D eigenvalue weighted by atomic mass is 10.2. The highest BCUT2D eigenvalue weighted by Crippen LogP contribution is 2.24. The van der Waals surface area contributed by atoms with E-state index in [2.05, 4.69) is 27.9 Å². The van der Waals surface area contributed by atoms with Crippen LogP contribution in [0.15, 0.2) is 70.7 Å². The number of hydrogen-bond donors (Lipinski definition) is 1. The third kappa shape index (κ3) is 4.41. The van der Waals surface area contributed by atoms with Gasteiger partial charge >= 0.3 is 0 Å². The van der Waals surface area contributed by atoms with E-state index in [1.165, 1.54) is 6.08 Å². The SMILES string of the molecule is Cc1cccc(NC(=O)/C(C#N)=C\c2ccc(-c3ccc(I)cc3)o2)c1. The molecule has 3 rings (SSSR count). The number of carbonyl (C=O) groups is 1. The fraction of sp³-hybridized carbons (Fsp3) is 0.0476. The van der Waals surface area contributed by atoms with Crippen LogP contribution in [-0.4, -0.2) is 5.91 Å². The van der Waals surface area contributed by atoms with E-state index in [9.17, 15) is 10.1 Å². The van der Waals surface area contributed by atoms with Crippen molar-refractivity contribution in [2.24, 2.45) is 0 Å². The topological polar surface area (TPSA) is 66.0 Å². The number of aryl methyl sites for hydroxylation is 1. The van der Waals surface area contributed by atoms with Crippen LogP contribution in [0.5, 0.6) is 0 Å². The number of rotatable bonds is 4. The molecule has 4 nitrogen and oxygen atoms in total. The van der Waals surface area contributed by atoms with Crippen LogP contribution in [-0.2, 0) is 4.79 Å². The second kappa shape index (κ2) is 8.02. The predicted octanol–water partition coefficient (Wildman–Crippen LogP) is 5.41. The molecular formula is C21H15IN2O2. The monoisotopic (exact) mass is 454 g/mol. The van der Waals surface area contributed by atoms with Crippen LogP contribution < -0.4 is 5.32 Å². The molecule has 1 aromatic heterocycles. The number of anilines is 1. The number of carbonyl (C=O) groups excluding carboxylic acids is 1. The van der Waals surface area contributed by atoms with Gasteiger partial charge in [-0.3, -0.25) is 4.79 Å². The van der Waals surface area contributed by atoms with Crippen molar-refractivity contribution < 1.29 is 9.21 Å². The summed E-state index contributed by atoms with van der Waals surface area (Å²) in [7, 11) is 0. The van der Waals surface area contributed by atoms with Crippen molar-refractivity contribution in [3.8, 4) is 17.4 Å². The maximum absolute atomic E-state index is 12.3. The maximum atomic E-state index is 12.3. The van der Waals surface area contributed by atoms with Gasteiger partial charge in [0.1, 0.15) is 23.2 Å². The molecule has 0 aliphatic carbocycles. The van der Waals surface area contributed by atoms with Crippen LogP contribution >= 0.6 is 22.6 Å². The summed E-state index contributed by atoms with van der Waals surface area (Å²) in [6, 6.07) is 20.8. The largest absolute Gasteiger partial charge is 0.457 e. The molecule has 5 heteroatoms. The van der Waals surface area contributed by atoms with Crippen molar-refractivity contribution >= 4 is 40.3 Å². The van der Waals surface area contributed by atoms with Gasteiger partial charge in [0.2, 0.25) is 0 Å². The smallest absolute Gasteiger partial charge is 0.266 e. The fourth-order valence-corrected chi connectivity index (χ4v) is 2.77. The Balaban J connectivity index is 1.80. The minimum Gasteiger partial charge on any atom is -0.457 e. The number of amides is 1. The Morgan fingerprint density at radius 1 is 1.15 bits per heavy atom. The van der Waals surface area contributed by atoms with Gasteiger partial charge in [-0.25, -0.2) is 0 Å². The van der Waals surface area contributed by atoms with Gasteiger partial charge in [0.05, 0.1) is 0 Å². The van der Waals surface area contributed by atoms with E-state index in [0.29, 0.717) is 17.2 Å². The van der Waals surface area contributed by atoms with Gasteiger partial charge in [0.25, 0.3) is 5.91 Å². The Morgan fingerprint density at radius 3 is 2.62 bits per heavy atom. The van der Waals surface area contributed by atoms with E-state index in [1.807, 2.05) is 61.5 Å². The minimum absolute atomic E-state index is 0.0185. The summed E-state index contributed by atoms with van der Waals surface area (Å²) in [5, 5.41) is 12.0. The number of benzene rings is 2. The van der Waals surface area contributed by atoms with E-state index >= 15 is 0 Å². The number of halogens is 1. The molecule has 128 valence electrons. The second-order valence-electron chi connectivity index (χ2n) is 5.70. The van der Waals surface area contributed by atoms with E-state index < -0.39 is 5.91 Å². The van der Waals surface area contributed by atoms with Gasteiger partial charge in [-0.2, -0.15) is 5.26 Å². The van der Waals surface area contributed by atoms with Gasteiger partial charge in [-0.1, -0.05) is 24.3 Å². The molecule has 0 saturated carbocycles. The summed E-state index contributed by atoms with van der Waals surface area (Å²) in [4.78, 5) is 12.3. The lowest BCUT2D eigenvalue weighted by Crippen LogP contribution is -2.13. The van der Waals surface area contributed by atoms with E-state index in [4.69, 9.17) is 4.42 Å². The van der Waals surface area contributed by atoms with Gasteiger partial charge in [-0.05, 0) is 71.5 Å². The first-order chi connectivity index (χ1) is 12.5. The standard InChI is InChI=1S/C21H15IN2O2/c1-14-3-2-4-18(11-14)24-21(25)16(13-23)12-19-9-10-20(26-19)15-5-7-17(22)8-6-15/h2-12H,1H3,(H,24,25)/b16-12-. The average molecular weight is 454 g/mol. The molecular weight excluding hydrogens is 439 g/mol. The molecule has 0 spiro atoms. The lowest BCUT2D eigenvalue weighted by molar-refractivity contribution is -0.112. The number of nitriles is 1. The predicted molar refractivity (Wildman–Crippen MR) is 110 cm³/mol. The van der Waals surface area contributed by atoms with Crippen LogP contribution in [0.1, 0.15) is 11.3 Å². The zero-order valence-corrected chi connectivity index (χ0v) is 16.2. The normalized spacial score (nSPS) is 11.0. The summed E-state index contributed by atoms with van der Waals surface area (Å²) in [5.74, 6) is 0.670. The van der Waals surface area contributed by atoms with Crippen molar-refractivity contribution in [3.05, 3.63) is 81.1 Å². The quantitative estimate of drug-likeness (QED) is 0.326. The summed E-state index contributed by atoms with van der Waals surface area (Å²) in [6.07, 6.45) is 1.45. The van der Waals surface area contributed by atoms with Gasteiger partial charge in [0.15, 0.2) is 0 Å². The molecule has 0 atom stereocenters. The first kappa shape index (κ1) is 18.0. The number of nitrogens with zero attached hydrogens (tertiary/aromatic N) is 1. The molecule has 3 aromatic rings. The van der Waals surface area contributed by atoms with Crippen molar-refractivity contribution in [2.75, 3.05) is 5.32 Å². The Labute approximate surface area is 165 Å². The van der Waals surface area contributed by atoms with Crippen LogP contribution in [0.4, 0.5) is 5.69 Å². The van der Waals surface area contributed by atoms with Gasteiger partial charge < -0.3 is 9.73 Å². The Hall–Kier alpha value is -2.85. The number of nitrogens with one attached hydrogen (secondary N) is 1. The number of furan rings is 1. The third-order valence-corrected chi connectivity index (χ3v) is 4.40. The molecule has 1 N–H and O–H groups in total. The Kier molecular flexibility index (Phi) is 5.54. The minimum atomic E-state index is -0.467. The summed E-state index contributed by atoms with van der Waals surface area (Å²) >= 11 is 2.24. The van der Waals surface area contributed by atoms with Crippen LogP contribution in [0.2, 0.25) is 0 Å². The zero-order valence-electron chi connectivity index (χ0n) is 14.0.